The van der Waals surface area contributed by atoms with E-state index in [1.54, 1.807) is 4.90 Å². The van der Waals surface area contributed by atoms with E-state index in [1.807, 2.05) is 4.90 Å². The van der Waals surface area contributed by atoms with Crippen molar-refractivity contribution in [1.82, 2.24) is 24.9 Å². The van der Waals surface area contributed by atoms with E-state index < -0.39 is 11.9 Å². The molecule has 3 aliphatic heterocycles. The van der Waals surface area contributed by atoms with Crippen LogP contribution in [0.4, 0.5) is 18.0 Å². The molecular weight excluding hydrogens is 387 g/mol. The van der Waals surface area contributed by atoms with Gasteiger partial charge in [-0.05, 0) is 31.6 Å². The molecule has 1 aromatic heterocycles. The van der Waals surface area contributed by atoms with Crippen molar-refractivity contribution in [2.75, 3.05) is 26.2 Å². The molecular formula is C19H24F3N5O2. The van der Waals surface area contributed by atoms with Gasteiger partial charge < -0.3 is 15.1 Å². The first-order chi connectivity index (χ1) is 13.6. The second kappa shape index (κ2) is 5.89. The van der Waals surface area contributed by atoms with Gasteiger partial charge in [0.15, 0.2) is 5.69 Å². The fraction of sp³-hybridized carbons (Fsp3) is 0.737. The van der Waals surface area contributed by atoms with Crippen molar-refractivity contribution >= 4 is 11.9 Å². The maximum Gasteiger partial charge on any atom is 0.435 e. The average molecular weight is 411 g/mol. The largest absolute Gasteiger partial charge is 0.435 e. The Morgan fingerprint density at radius 1 is 1.24 bits per heavy atom. The molecule has 1 aromatic rings. The third-order valence-corrected chi connectivity index (χ3v) is 6.94. The minimum Gasteiger partial charge on any atom is -0.347 e. The molecule has 1 N–H and O–H groups in total. The van der Waals surface area contributed by atoms with Crippen molar-refractivity contribution in [3.63, 3.8) is 0 Å². The third-order valence-electron chi connectivity index (χ3n) is 6.94. The number of halogens is 3. The van der Waals surface area contributed by atoms with Gasteiger partial charge in [-0.1, -0.05) is 0 Å². The molecule has 4 fully saturated rings. The van der Waals surface area contributed by atoms with E-state index in [9.17, 15) is 22.8 Å². The maximum absolute atomic E-state index is 13.1. The minimum atomic E-state index is -4.43. The van der Waals surface area contributed by atoms with Crippen LogP contribution in [0.2, 0.25) is 0 Å². The second-order valence-corrected chi connectivity index (χ2v) is 9.48. The fourth-order valence-electron chi connectivity index (χ4n) is 5.73. The van der Waals surface area contributed by atoms with E-state index in [1.165, 1.54) is 17.9 Å². The zero-order valence-corrected chi connectivity index (χ0v) is 16.3. The van der Waals surface area contributed by atoms with Crippen LogP contribution in [0, 0.1) is 11.3 Å². The van der Waals surface area contributed by atoms with Crippen LogP contribution >= 0.6 is 0 Å². The van der Waals surface area contributed by atoms with Gasteiger partial charge in [-0.25, -0.2) is 4.79 Å². The number of carbonyl (C=O) groups is 2. The summed E-state index contributed by atoms with van der Waals surface area (Å²) in [5.74, 6) is 0.265. The van der Waals surface area contributed by atoms with Gasteiger partial charge in [-0.15, -0.1) is 0 Å². The number of nitrogens with zero attached hydrogens (tertiary/aromatic N) is 4. The number of likely N-dealkylation sites (tertiary alicyclic amines) is 2. The van der Waals surface area contributed by atoms with Crippen LogP contribution < -0.4 is 5.32 Å². The van der Waals surface area contributed by atoms with E-state index >= 15 is 0 Å². The van der Waals surface area contributed by atoms with Crippen molar-refractivity contribution < 1.29 is 22.8 Å². The van der Waals surface area contributed by atoms with Crippen molar-refractivity contribution in [2.45, 2.75) is 43.8 Å². The summed E-state index contributed by atoms with van der Waals surface area (Å²) >= 11 is 0. The molecule has 0 aromatic carbocycles. The summed E-state index contributed by atoms with van der Waals surface area (Å²) in [5, 5.41) is 6.55. The Labute approximate surface area is 166 Å². The highest BCUT2D eigenvalue weighted by molar-refractivity contribution is 5.82. The lowest BCUT2D eigenvalue weighted by molar-refractivity contribution is -0.142. The van der Waals surface area contributed by atoms with Crippen LogP contribution in [-0.4, -0.2) is 63.2 Å². The summed E-state index contributed by atoms with van der Waals surface area (Å²) in [4.78, 5) is 27.6. The molecule has 7 nitrogen and oxygen atoms in total. The Morgan fingerprint density at radius 3 is 2.48 bits per heavy atom. The zero-order valence-electron chi connectivity index (χ0n) is 16.3. The van der Waals surface area contributed by atoms with E-state index in [-0.39, 0.29) is 34.4 Å². The molecule has 2 spiro atoms. The Morgan fingerprint density at radius 2 is 1.90 bits per heavy atom. The SMILES string of the molecule is Cn1cc(CC2CC3(C2)CN(C(=O)N2CC4(CCC(=O)N4)C2)C3)c(C(F)(F)F)n1. The van der Waals surface area contributed by atoms with Crippen molar-refractivity contribution in [3.8, 4) is 0 Å². The molecule has 29 heavy (non-hydrogen) atoms. The molecule has 4 aliphatic rings. The van der Waals surface area contributed by atoms with Crippen LogP contribution in [0.15, 0.2) is 6.20 Å². The lowest BCUT2D eigenvalue weighted by Crippen LogP contribution is -2.73. The fourth-order valence-corrected chi connectivity index (χ4v) is 5.73. The van der Waals surface area contributed by atoms with Gasteiger partial charge in [0.25, 0.3) is 0 Å². The Hall–Kier alpha value is -2.26. The molecule has 10 heteroatoms. The van der Waals surface area contributed by atoms with E-state index in [0.29, 0.717) is 39.0 Å². The summed E-state index contributed by atoms with van der Waals surface area (Å²) in [6.07, 6.45) is 0.439. The Kier molecular flexibility index (Phi) is 3.80. The lowest BCUT2D eigenvalue weighted by atomic mass is 9.56. The molecule has 0 atom stereocenters. The monoisotopic (exact) mass is 411 g/mol. The minimum absolute atomic E-state index is 0.0115. The van der Waals surface area contributed by atoms with Gasteiger partial charge in [0, 0.05) is 56.8 Å². The van der Waals surface area contributed by atoms with Crippen LogP contribution in [0.3, 0.4) is 0 Å². The van der Waals surface area contributed by atoms with Crippen molar-refractivity contribution in [1.29, 1.82) is 0 Å². The van der Waals surface area contributed by atoms with Gasteiger partial charge in [0.2, 0.25) is 5.91 Å². The number of carbonyl (C=O) groups excluding carboxylic acids is 2. The zero-order chi connectivity index (χ0) is 20.6. The average Bonchev–Trinajstić information content (AvgIpc) is 3.09. The molecule has 0 bridgehead atoms. The van der Waals surface area contributed by atoms with Crippen LogP contribution in [0.1, 0.15) is 36.9 Å². The highest BCUT2D eigenvalue weighted by atomic mass is 19.4. The van der Waals surface area contributed by atoms with Gasteiger partial charge in [-0.2, -0.15) is 18.3 Å². The predicted octanol–water partition coefficient (Wildman–Crippen LogP) is 1.78. The Balaban J connectivity index is 1.10. The number of hydrogen-bond acceptors (Lipinski definition) is 3. The molecule has 0 unspecified atom stereocenters. The van der Waals surface area contributed by atoms with Gasteiger partial charge >= 0.3 is 12.2 Å². The molecule has 3 amide bonds. The summed E-state index contributed by atoms with van der Waals surface area (Å²) in [6.45, 7) is 2.50. The molecule has 0 radical (unpaired) electrons. The van der Waals surface area contributed by atoms with E-state index in [4.69, 9.17) is 0 Å². The standard InChI is InChI=1S/C19H24F3N5O2/c1-25-7-13(15(24-25)19(20,21)22)4-12-5-17(6-12)8-26(9-17)16(29)27-10-18(11-27)3-2-14(28)23-18/h7,12H,2-6,8-11H2,1H3,(H,23,28). The smallest absolute Gasteiger partial charge is 0.347 e. The number of rotatable bonds is 2. The number of aryl methyl sites for hydroxylation is 1. The maximum atomic E-state index is 13.1. The van der Waals surface area contributed by atoms with Crippen LogP contribution in [-0.2, 0) is 24.4 Å². The number of hydrogen-bond donors (Lipinski definition) is 1. The quantitative estimate of drug-likeness (QED) is 0.807. The number of aromatic nitrogens is 2. The molecule has 5 rings (SSSR count). The number of alkyl halides is 3. The molecule has 3 saturated heterocycles. The second-order valence-electron chi connectivity index (χ2n) is 9.48. The predicted molar refractivity (Wildman–Crippen MR) is 95.7 cm³/mol. The highest BCUT2D eigenvalue weighted by Gasteiger charge is 2.57. The number of nitrogens with one attached hydrogen (secondary N) is 1. The summed E-state index contributed by atoms with van der Waals surface area (Å²) < 4.78 is 40.5. The first-order valence-electron chi connectivity index (χ1n) is 10.0. The summed E-state index contributed by atoms with van der Waals surface area (Å²) in [6, 6.07) is 0.0115. The highest BCUT2D eigenvalue weighted by Crippen LogP contribution is 2.53. The molecule has 1 aliphatic carbocycles. The Bertz CT molecular complexity index is 860. The number of amides is 3. The van der Waals surface area contributed by atoms with Crippen LogP contribution in [0.25, 0.3) is 0 Å². The molecule has 158 valence electrons. The summed E-state index contributed by atoms with van der Waals surface area (Å²) in [7, 11) is 1.51. The summed E-state index contributed by atoms with van der Waals surface area (Å²) in [5.41, 5.74) is -0.657. The topological polar surface area (TPSA) is 70.5 Å². The normalized spacial score (nSPS) is 25.0. The van der Waals surface area contributed by atoms with Crippen LogP contribution in [0.5, 0.6) is 0 Å². The molecule has 4 heterocycles. The van der Waals surface area contributed by atoms with Gasteiger partial charge in [-0.3, -0.25) is 9.48 Å². The van der Waals surface area contributed by atoms with E-state index in [0.717, 1.165) is 19.3 Å². The molecule has 1 saturated carbocycles. The lowest BCUT2D eigenvalue weighted by Gasteiger charge is -2.61. The van der Waals surface area contributed by atoms with Crippen molar-refractivity contribution in [3.05, 3.63) is 17.5 Å². The first kappa shape index (κ1) is 18.7. The number of urea groups is 1. The first-order valence-corrected chi connectivity index (χ1v) is 10.0. The van der Waals surface area contributed by atoms with E-state index in [2.05, 4.69) is 10.4 Å². The van der Waals surface area contributed by atoms with Gasteiger partial charge in [0.1, 0.15) is 0 Å². The third kappa shape index (κ3) is 3.07. The van der Waals surface area contributed by atoms with Gasteiger partial charge in [0.05, 0.1) is 5.54 Å². The van der Waals surface area contributed by atoms with Crippen molar-refractivity contribution in [2.24, 2.45) is 18.4 Å².